The first-order valence-electron chi connectivity index (χ1n) is 18.0. The van der Waals surface area contributed by atoms with Gasteiger partial charge in [-0.15, -0.1) is 0 Å². The van der Waals surface area contributed by atoms with Crippen LogP contribution in [0.1, 0.15) is 45.7 Å². The molecule has 8 aromatic rings. The van der Waals surface area contributed by atoms with E-state index in [9.17, 15) is 0 Å². The lowest BCUT2D eigenvalue weighted by molar-refractivity contribution is 0.590. The first kappa shape index (κ1) is 21.5. The molecule has 0 fully saturated rings. The second-order valence-electron chi connectivity index (χ2n) is 12.8. The van der Waals surface area contributed by atoms with E-state index in [0.29, 0.717) is 22.4 Å². The van der Waals surface area contributed by atoms with Crippen molar-refractivity contribution in [1.29, 1.82) is 0 Å². The number of aromatic nitrogens is 3. The Morgan fingerprint density at radius 1 is 0.733 bits per heavy atom. The maximum atomic E-state index is 8.39. The Bertz CT molecular complexity index is 2660. The lowest BCUT2D eigenvalue weighted by atomic mass is 9.84. The van der Waals surface area contributed by atoms with Crippen LogP contribution in [0, 0.1) is 13.7 Å². The van der Waals surface area contributed by atoms with Crippen LogP contribution in [0.2, 0.25) is 0 Å². The molecule has 3 heterocycles. The van der Waals surface area contributed by atoms with Crippen molar-refractivity contribution in [2.45, 2.75) is 39.9 Å². The minimum atomic E-state index is -2.52. The third kappa shape index (κ3) is 4.43. The van der Waals surface area contributed by atoms with E-state index in [1.54, 1.807) is 18.2 Å². The van der Waals surface area contributed by atoms with E-state index in [1.807, 2.05) is 82.4 Å². The van der Waals surface area contributed by atoms with Gasteiger partial charge in [0.1, 0.15) is 17.0 Å². The SMILES string of the molecule is [2H]C([2H])([2H])c1cnc(-c2ccc3oc4ccc5cc6nc(-c7ccccc7)n(C)c6cc5c4c3c2)cc1-c1ccc(C(C)(C)C)cc1C([2H])([2H])[2H]. The molecule has 5 aromatic carbocycles. The maximum Gasteiger partial charge on any atom is 0.140 e. The Hall–Kier alpha value is -5.22. The van der Waals surface area contributed by atoms with Crippen LogP contribution in [0.3, 0.4) is 0 Å². The molecule has 0 aliphatic rings. The molecule has 0 aliphatic heterocycles. The summed E-state index contributed by atoms with van der Waals surface area (Å²) in [6.07, 6.45) is 1.36. The smallest absolute Gasteiger partial charge is 0.140 e. The lowest BCUT2D eigenvalue weighted by Gasteiger charge is -2.21. The van der Waals surface area contributed by atoms with E-state index in [1.165, 1.54) is 6.20 Å². The average Bonchev–Trinajstić information content (AvgIpc) is 3.62. The number of benzene rings is 5. The van der Waals surface area contributed by atoms with Gasteiger partial charge in [-0.25, -0.2) is 4.98 Å². The molecule has 220 valence electrons. The van der Waals surface area contributed by atoms with Crippen LogP contribution in [0.5, 0.6) is 0 Å². The normalized spacial score (nSPS) is 14.8. The van der Waals surface area contributed by atoms with Gasteiger partial charge in [0.05, 0.1) is 16.7 Å². The summed E-state index contributed by atoms with van der Waals surface area (Å²) in [4.78, 5) is 9.59. The molecular weight excluding hydrogens is 550 g/mol. The molecule has 45 heavy (non-hydrogen) atoms. The number of rotatable bonds is 3. The van der Waals surface area contributed by atoms with E-state index >= 15 is 0 Å². The van der Waals surface area contributed by atoms with Crippen LogP contribution in [-0.4, -0.2) is 14.5 Å². The van der Waals surface area contributed by atoms with Gasteiger partial charge in [0.15, 0.2) is 0 Å². The molecular formula is C41H35N3O. The van der Waals surface area contributed by atoms with Crippen LogP contribution in [-0.2, 0) is 12.5 Å². The number of nitrogens with zero attached hydrogens (tertiary/aromatic N) is 3. The van der Waals surface area contributed by atoms with E-state index in [-0.39, 0.29) is 16.5 Å². The van der Waals surface area contributed by atoms with Crippen molar-refractivity contribution >= 4 is 43.7 Å². The van der Waals surface area contributed by atoms with Crippen molar-refractivity contribution in [2.24, 2.45) is 7.05 Å². The van der Waals surface area contributed by atoms with Gasteiger partial charge in [0.25, 0.3) is 0 Å². The van der Waals surface area contributed by atoms with Crippen molar-refractivity contribution in [3.63, 3.8) is 0 Å². The Balaban J connectivity index is 1.33. The highest BCUT2D eigenvalue weighted by molar-refractivity contribution is 6.21. The first-order valence-corrected chi connectivity index (χ1v) is 15.0. The molecule has 0 saturated carbocycles. The monoisotopic (exact) mass is 591 g/mol. The van der Waals surface area contributed by atoms with Crippen LogP contribution >= 0.6 is 0 Å². The van der Waals surface area contributed by atoms with Crippen molar-refractivity contribution in [1.82, 2.24) is 14.5 Å². The molecule has 0 amide bonds. The fourth-order valence-corrected chi connectivity index (χ4v) is 6.37. The molecule has 8 rings (SSSR count). The van der Waals surface area contributed by atoms with Crippen molar-refractivity contribution in [2.75, 3.05) is 0 Å². The molecule has 0 aliphatic carbocycles. The second-order valence-corrected chi connectivity index (χ2v) is 12.8. The van der Waals surface area contributed by atoms with Gasteiger partial charge in [-0.2, -0.15) is 0 Å². The zero-order valence-corrected chi connectivity index (χ0v) is 25.6. The van der Waals surface area contributed by atoms with Gasteiger partial charge in [-0.3, -0.25) is 4.98 Å². The molecule has 0 radical (unpaired) electrons. The van der Waals surface area contributed by atoms with E-state index < -0.39 is 13.7 Å². The van der Waals surface area contributed by atoms with Gasteiger partial charge < -0.3 is 8.98 Å². The number of aryl methyl sites for hydroxylation is 3. The standard InChI is InChI=1S/C41H35N3O/c1-24-18-29(41(3,4)5)14-15-30(24)31-21-34(42-23-25(31)2)28-13-16-37-33(19-28)39-32-22-36-35(20-27(32)12-17-38(39)45-37)43-40(44(36)6)26-10-8-7-9-11-26/h7-23H,1-6H3/i1D3,2D3. The summed E-state index contributed by atoms with van der Waals surface area (Å²) in [6, 6.07) is 31.2. The highest BCUT2D eigenvalue weighted by Gasteiger charge is 2.18. The summed E-state index contributed by atoms with van der Waals surface area (Å²) in [5, 5.41) is 3.89. The van der Waals surface area contributed by atoms with Crippen LogP contribution in [0.4, 0.5) is 0 Å². The van der Waals surface area contributed by atoms with Gasteiger partial charge in [-0.05, 0) is 100 Å². The number of imidazole rings is 1. The molecule has 0 saturated heterocycles. The van der Waals surface area contributed by atoms with Crippen molar-refractivity contribution in [3.8, 4) is 33.8 Å². The highest BCUT2D eigenvalue weighted by Crippen LogP contribution is 2.39. The quantitative estimate of drug-likeness (QED) is 0.205. The zero-order valence-electron chi connectivity index (χ0n) is 31.6. The van der Waals surface area contributed by atoms with Gasteiger partial charge in [0.2, 0.25) is 0 Å². The van der Waals surface area contributed by atoms with E-state index in [4.69, 9.17) is 17.6 Å². The van der Waals surface area contributed by atoms with Gasteiger partial charge in [-0.1, -0.05) is 75.4 Å². The highest BCUT2D eigenvalue weighted by atomic mass is 16.3. The number of hydrogen-bond acceptors (Lipinski definition) is 3. The summed E-state index contributed by atoms with van der Waals surface area (Å²) in [7, 11) is 2.02. The Labute approximate surface area is 271 Å². The minimum Gasteiger partial charge on any atom is -0.456 e. The fourth-order valence-electron chi connectivity index (χ4n) is 6.37. The molecule has 0 N–H and O–H groups in total. The van der Waals surface area contributed by atoms with Crippen molar-refractivity contribution in [3.05, 3.63) is 120 Å². The molecule has 0 unspecified atom stereocenters. The fraction of sp³-hybridized carbons (Fsp3) is 0.171. The first-order chi connectivity index (χ1) is 24.1. The molecule has 3 aromatic heterocycles. The topological polar surface area (TPSA) is 43.9 Å². The predicted molar refractivity (Wildman–Crippen MR) is 188 cm³/mol. The number of pyridine rings is 1. The van der Waals surface area contributed by atoms with Crippen LogP contribution in [0.15, 0.2) is 108 Å². The summed E-state index contributed by atoms with van der Waals surface area (Å²) in [5.74, 6) is 0.883. The Morgan fingerprint density at radius 2 is 1.56 bits per heavy atom. The molecule has 0 bridgehead atoms. The van der Waals surface area contributed by atoms with Crippen LogP contribution in [0.25, 0.3) is 77.5 Å². The molecule has 4 nitrogen and oxygen atoms in total. The summed E-state index contributed by atoms with van der Waals surface area (Å²) < 4.78 is 58.6. The van der Waals surface area contributed by atoms with E-state index in [0.717, 1.165) is 60.7 Å². The lowest BCUT2D eigenvalue weighted by Crippen LogP contribution is -2.11. The zero-order chi connectivity index (χ0) is 36.0. The third-order valence-electron chi connectivity index (χ3n) is 8.86. The predicted octanol–water partition coefficient (Wildman–Crippen LogP) is 10.9. The van der Waals surface area contributed by atoms with Crippen LogP contribution < -0.4 is 0 Å². The largest absolute Gasteiger partial charge is 0.456 e. The molecule has 4 heteroatoms. The van der Waals surface area contributed by atoms with E-state index in [2.05, 4.69) is 33.8 Å². The maximum absolute atomic E-state index is 8.39. The number of furan rings is 1. The minimum absolute atomic E-state index is 0.00356. The Morgan fingerprint density at radius 3 is 2.36 bits per heavy atom. The third-order valence-corrected chi connectivity index (χ3v) is 8.86. The number of fused-ring (bicyclic) bond motifs is 6. The molecule has 0 atom stereocenters. The van der Waals surface area contributed by atoms with Gasteiger partial charge >= 0.3 is 0 Å². The summed E-state index contributed by atoms with van der Waals surface area (Å²) in [6.45, 7) is 1.07. The summed E-state index contributed by atoms with van der Waals surface area (Å²) >= 11 is 0. The number of hydrogen-bond donors (Lipinski definition) is 0. The second kappa shape index (κ2) is 9.90. The average molecular weight is 592 g/mol. The van der Waals surface area contributed by atoms with Gasteiger partial charge in [0, 0.05) is 43.4 Å². The van der Waals surface area contributed by atoms with Crippen molar-refractivity contribution < 1.29 is 12.6 Å². The molecule has 0 spiro atoms. The summed E-state index contributed by atoms with van der Waals surface area (Å²) in [5.41, 5.74) is 6.98. The Kier molecular flexibility index (Phi) is 4.72.